The van der Waals surface area contributed by atoms with Crippen molar-refractivity contribution in [1.82, 2.24) is 15.1 Å². The Bertz CT molecular complexity index is 567. The van der Waals surface area contributed by atoms with Gasteiger partial charge in [0.2, 0.25) is 0 Å². The van der Waals surface area contributed by atoms with Crippen molar-refractivity contribution < 1.29 is 9.47 Å². The fourth-order valence-corrected chi connectivity index (χ4v) is 3.76. The van der Waals surface area contributed by atoms with Crippen LogP contribution in [-0.4, -0.2) is 80.9 Å². The Labute approximate surface area is 169 Å². The highest BCUT2D eigenvalue weighted by molar-refractivity contribution is 5.80. The first-order valence-electron chi connectivity index (χ1n) is 10.9. The molecule has 0 spiro atoms. The minimum absolute atomic E-state index is 0.301. The first-order chi connectivity index (χ1) is 13.8. The highest BCUT2D eigenvalue weighted by atomic mass is 16.5. The average molecular weight is 389 g/mol. The first kappa shape index (κ1) is 20.9. The highest BCUT2D eigenvalue weighted by Crippen LogP contribution is 2.18. The van der Waals surface area contributed by atoms with Crippen LogP contribution in [0.4, 0.5) is 0 Å². The molecule has 0 aromatic heterocycles. The Kier molecular flexibility index (Phi) is 8.91. The molecular formula is C22H36N4O2. The minimum Gasteiger partial charge on any atom is -0.490 e. The van der Waals surface area contributed by atoms with Gasteiger partial charge in [-0.3, -0.25) is 9.89 Å². The summed E-state index contributed by atoms with van der Waals surface area (Å²) in [6.45, 7) is 11.0. The van der Waals surface area contributed by atoms with Crippen LogP contribution in [0.3, 0.4) is 0 Å². The van der Waals surface area contributed by atoms with Gasteiger partial charge in [-0.05, 0) is 38.4 Å². The van der Waals surface area contributed by atoms with E-state index in [0.717, 1.165) is 90.0 Å². The molecule has 6 heteroatoms. The van der Waals surface area contributed by atoms with Gasteiger partial charge in [0.25, 0.3) is 0 Å². The number of morpholine rings is 1. The van der Waals surface area contributed by atoms with Gasteiger partial charge in [-0.2, -0.15) is 0 Å². The second kappa shape index (κ2) is 11.9. The second-order valence-corrected chi connectivity index (χ2v) is 7.51. The number of guanidine groups is 1. The van der Waals surface area contributed by atoms with Gasteiger partial charge < -0.3 is 19.7 Å². The van der Waals surface area contributed by atoms with E-state index in [2.05, 4.69) is 22.0 Å². The number of benzene rings is 1. The van der Waals surface area contributed by atoms with Crippen LogP contribution in [0.1, 0.15) is 32.6 Å². The topological polar surface area (TPSA) is 49.3 Å². The quantitative estimate of drug-likeness (QED) is 0.421. The molecule has 2 saturated heterocycles. The van der Waals surface area contributed by atoms with Crippen molar-refractivity contribution >= 4 is 5.96 Å². The van der Waals surface area contributed by atoms with Gasteiger partial charge in [-0.15, -0.1) is 0 Å². The molecule has 0 aliphatic carbocycles. The van der Waals surface area contributed by atoms with Crippen molar-refractivity contribution in [2.75, 3.05) is 59.0 Å². The van der Waals surface area contributed by atoms with Crippen molar-refractivity contribution in [1.29, 1.82) is 0 Å². The third-order valence-electron chi connectivity index (χ3n) is 5.37. The fourth-order valence-electron chi connectivity index (χ4n) is 3.76. The van der Waals surface area contributed by atoms with Gasteiger partial charge in [0.05, 0.1) is 13.2 Å². The molecule has 156 valence electrons. The molecule has 2 aliphatic rings. The summed E-state index contributed by atoms with van der Waals surface area (Å²) in [6.07, 6.45) is 4.72. The van der Waals surface area contributed by atoms with E-state index >= 15 is 0 Å². The van der Waals surface area contributed by atoms with Crippen molar-refractivity contribution in [3.63, 3.8) is 0 Å². The average Bonchev–Trinajstić information content (AvgIpc) is 2.75. The van der Waals surface area contributed by atoms with E-state index in [1.807, 2.05) is 30.3 Å². The molecule has 1 aromatic carbocycles. The zero-order chi connectivity index (χ0) is 19.4. The molecule has 0 atom stereocenters. The third kappa shape index (κ3) is 6.99. The van der Waals surface area contributed by atoms with Gasteiger partial charge in [0.15, 0.2) is 5.96 Å². The predicted molar refractivity (Wildman–Crippen MR) is 114 cm³/mol. The normalized spacial score (nSPS) is 19.6. The molecule has 0 amide bonds. The number of likely N-dealkylation sites (tertiary alicyclic amines) is 1. The lowest BCUT2D eigenvalue weighted by molar-refractivity contribution is 0.0373. The number of unbranched alkanes of at least 4 members (excludes halogenated alkanes) is 1. The summed E-state index contributed by atoms with van der Waals surface area (Å²) in [5, 5.41) is 3.47. The summed E-state index contributed by atoms with van der Waals surface area (Å²) in [4.78, 5) is 9.76. The Hall–Kier alpha value is -1.79. The summed E-state index contributed by atoms with van der Waals surface area (Å²) in [5.41, 5.74) is 0. The highest BCUT2D eigenvalue weighted by Gasteiger charge is 2.22. The molecule has 28 heavy (non-hydrogen) atoms. The number of rotatable bonds is 8. The van der Waals surface area contributed by atoms with Crippen LogP contribution in [0.15, 0.2) is 35.3 Å². The number of hydrogen-bond donors (Lipinski definition) is 1. The van der Waals surface area contributed by atoms with Crippen molar-refractivity contribution in [2.45, 2.75) is 38.7 Å². The predicted octanol–water partition coefficient (Wildman–Crippen LogP) is 2.61. The molecule has 1 aromatic rings. The molecule has 0 bridgehead atoms. The van der Waals surface area contributed by atoms with E-state index in [4.69, 9.17) is 14.5 Å². The molecule has 0 saturated carbocycles. The molecule has 0 radical (unpaired) electrons. The molecule has 1 N–H and O–H groups in total. The molecule has 2 fully saturated rings. The van der Waals surface area contributed by atoms with Crippen molar-refractivity contribution in [3.05, 3.63) is 30.3 Å². The number of nitrogens with one attached hydrogen (secondary N) is 1. The minimum atomic E-state index is 0.301. The SMILES string of the molecule is CCNC(=NCCCCN1CCOCC1)N1CCC(Oc2ccccc2)CC1. The summed E-state index contributed by atoms with van der Waals surface area (Å²) < 4.78 is 11.5. The van der Waals surface area contributed by atoms with Crippen molar-refractivity contribution in [3.8, 4) is 5.75 Å². The zero-order valence-corrected chi connectivity index (χ0v) is 17.3. The Morgan fingerprint density at radius 3 is 2.57 bits per heavy atom. The number of aliphatic imine (C=N–C) groups is 1. The monoisotopic (exact) mass is 388 g/mol. The molecular weight excluding hydrogens is 352 g/mol. The number of ether oxygens (including phenoxy) is 2. The number of piperidine rings is 1. The molecule has 3 rings (SSSR count). The number of nitrogens with zero attached hydrogens (tertiary/aromatic N) is 3. The lowest BCUT2D eigenvalue weighted by Gasteiger charge is -2.34. The number of hydrogen-bond acceptors (Lipinski definition) is 4. The van der Waals surface area contributed by atoms with Crippen LogP contribution in [0.25, 0.3) is 0 Å². The second-order valence-electron chi connectivity index (χ2n) is 7.51. The summed E-state index contributed by atoms with van der Waals surface area (Å²) >= 11 is 0. The molecule has 2 aliphatic heterocycles. The van der Waals surface area contributed by atoms with E-state index < -0.39 is 0 Å². The molecule has 2 heterocycles. The lowest BCUT2D eigenvalue weighted by atomic mass is 10.1. The van der Waals surface area contributed by atoms with Gasteiger partial charge in [-0.25, -0.2) is 0 Å². The summed E-state index contributed by atoms with van der Waals surface area (Å²) in [7, 11) is 0. The van der Waals surface area contributed by atoms with Crippen LogP contribution in [0.5, 0.6) is 5.75 Å². The Morgan fingerprint density at radius 2 is 1.86 bits per heavy atom. The van der Waals surface area contributed by atoms with Crippen LogP contribution < -0.4 is 10.1 Å². The van der Waals surface area contributed by atoms with E-state index in [-0.39, 0.29) is 0 Å². The summed E-state index contributed by atoms with van der Waals surface area (Å²) in [5.74, 6) is 2.04. The summed E-state index contributed by atoms with van der Waals surface area (Å²) in [6, 6.07) is 10.2. The third-order valence-corrected chi connectivity index (χ3v) is 5.37. The van der Waals surface area contributed by atoms with Gasteiger partial charge in [-0.1, -0.05) is 18.2 Å². The lowest BCUT2D eigenvalue weighted by Crippen LogP contribution is -2.47. The standard InChI is InChI=1S/C22H36N4O2/c1-2-23-22(24-12-6-7-13-25-16-18-27-19-17-25)26-14-10-21(11-15-26)28-20-8-4-3-5-9-20/h3-5,8-9,21H,2,6-7,10-19H2,1H3,(H,23,24). The van der Waals surface area contributed by atoms with E-state index in [1.165, 1.54) is 6.42 Å². The first-order valence-corrected chi connectivity index (χ1v) is 10.9. The van der Waals surface area contributed by atoms with Gasteiger partial charge in [0, 0.05) is 52.1 Å². The van der Waals surface area contributed by atoms with E-state index in [9.17, 15) is 0 Å². The van der Waals surface area contributed by atoms with E-state index in [0.29, 0.717) is 6.10 Å². The fraction of sp³-hybridized carbons (Fsp3) is 0.682. The van der Waals surface area contributed by atoms with E-state index in [1.54, 1.807) is 0 Å². The maximum absolute atomic E-state index is 6.11. The Morgan fingerprint density at radius 1 is 1.11 bits per heavy atom. The maximum Gasteiger partial charge on any atom is 0.193 e. The largest absolute Gasteiger partial charge is 0.490 e. The van der Waals surface area contributed by atoms with Gasteiger partial charge in [0.1, 0.15) is 11.9 Å². The van der Waals surface area contributed by atoms with Crippen LogP contribution in [0, 0.1) is 0 Å². The zero-order valence-electron chi connectivity index (χ0n) is 17.3. The van der Waals surface area contributed by atoms with Gasteiger partial charge >= 0.3 is 0 Å². The molecule has 6 nitrogen and oxygen atoms in total. The van der Waals surface area contributed by atoms with Crippen LogP contribution in [0.2, 0.25) is 0 Å². The van der Waals surface area contributed by atoms with Crippen LogP contribution in [-0.2, 0) is 4.74 Å². The van der Waals surface area contributed by atoms with Crippen LogP contribution >= 0.6 is 0 Å². The molecule has 0 unspecified atom stereocenters. The Balaban J connectivity index is 1.37. The smallest absolute Gasteiger partial charge is 0.193 e. The number of para-hydroxylation sites is 1. The maximum atomic E-state index is 6.11. The van der Waals surface area contributed by atoms with Crippen molar-refractivity contribution in [2.24, 2.45) is 4.99 Å².